The third kappa shape index (κ3) is 3.37. The van der Waals surface area contributed by atoms with E-state index >= 15 is 0 Å². The van der Waals surface area contributed by atoms with Crippen molar-refractivity contribution in [2.45, 2.75) is 37.4 Å². The van der Waals surface area contributed by atoms with Crippen LogP contribution in [0.15, 0.2) is 29.6 Å². The topological polar surface area (TPSA) is 38.0 Å². The summed E-state index contributed by atoms with van der Waals surface area (Å²) in [6, 6.07) is 3.43. The standard InChI is InChI=1S/C14H16F2N2OS/c1-2-5-18-12(8-19)7-17-14(18)20-9-10-6-11(15)3-4-13(10)16/h3-4,6-7,19H,2,5,8-9H2,1H3. The van der Waals surface area contributed by atoms with E-state index < -0.39 is 11.6 Å². The van der Waals surface area contributed by atoms with Gasteiger partial charge in [-0.1, -0.05) is 18.7 Å². The minimum Gasteiger partial charge on any atom is -0.390 e. The van der Waals surface area contributed by atoms with E-state index in [0.717, 1.165) is 30.8 Å². The highest BCUT2D eigenvalue weighted by atomic mass is 32.2. The van der Waals surface area contributed by atoms with Crippen molar-refractivity contribution in [3.8, 4) is 0 Å². The zero-order valence-corrected chi connectivity index (χ0v) is 12.0. The monoisotopic (exact) mass is 298 g/mol. The molecule has 0 unspecified atom stereocenters. The Morgan fingerprint density at radius 2 is 2.15 bits per heavy atom. The first-order valence-corrected chi connectivity index (χ1v) is 7.36. The highest BCUT2D eigenvalue weighted by molar-refractivity contribution is 7.98. The number of rotatable bonds is 6. The summed E-state index contributed by atoms with van der Waals surface area (Å²) >= 11 is 1.33. The van der Waals surface area contributed by atoms with Gasteiger partial charge in [0.1, 0.15) is 11.6 Å². The molecule has 1 aromatic heterocycles. The fourth-order valence-electron chi connectivity index (χ4n) is 1.89. The van der Waals surface area contributed by atoms with E-state index in [9.17, 15) is 13.9 Å². The molecule has 0 amide bonds. The lowest BCUT2D eigenvalue weighted by Crippen LogP contribution is -2.04. The Bertz CT molecular complexity index is 587. The zero-order chi connectivity index (χ0) is 14.5. The molecule has 0 aliphatic carbocycles. The zero-order valence-electron chi connectivity index (χ0n) is 11.1. The van der Waals surface area contributed by atoms with Gasteiger partial charge in [-0.25, -0.2) is 13.8 Å². The third-order valence-corrected chi connectivity index (χ3v) is 3.91. The molecule has 1 aromatic carbocycles. The molecule has 108 valence electrons. The minimum atomic E-state index is -0.449. The maximum absolute atomic E-state index is 13.5. The van der Waals surface area contributed by atoms with Crippen LogP contribution in [0.1, 0.15) is 24.6 Å². The van der Waals surface area contributed by atoms with Gasteiger partial charge in [0.25, 0.3) is 0 Å². The molecule has 1 heterocycles. The summed E-state index contributed by atoms with van der Waals surface area (Å²) in [4.78, 5) is 4.22. The maximum Gasteiger partial charge on any atom is 0.168 e. The molecule has 0 aliphatic rings. The van der Waals surface area contributed by atoms with Crippen LogP contribution in [0, 0.1) is 11.6 Å². The number of thioether (sulfide) groups is 1. The Morgan fingerprint density at radius 1 is 1.35 bits per heavy atom. The number of aromatic nitrogens is 2. The van der Waals surface area contributed by atoms with Crippen molar-refractivity contribution in [2.75, 3.05) is 0 Å². The number of benzene rings is 1. The van der Waals surface area contributed by atoms with E-state index in [1.54, 1.807) is 6.20 Å². The molecule has 6 heteroatoms. The molecule has 0 spiro atoms. The van der Waals surface area contributed by atoms with Gasteiger partial charge in [0.05, 0.1) is 18.5 Å². The first-order valence-electron chi connectivity index (χ1n) is 6.37. The van der Waals surface area contributed by atoms with Crippen molar-refractivity contribution in [1.82, 2.24) is 9.55 Å². The molecule has 0 atom stereocenters. The molecule has 2 rings (SSSR count). The fourth-order valence-corrected chi connectivity index (χ4v) is 2.89. The predicted octanol–water partition coefficient (Wildman–Crippen LogP) is 3.36. The largest absolute Gasteiger partial charge is 0.390 e. The van der Waals surface area contributed by atoms with Crippen molar-refractivity contribution < 1.29 is 13.9 Å². The molecule has 0 radical (unpaired) electrons. The van der Waals surface area contributed by atoms with Crippen LogP contribution in [0.3, 0.4) is 0 Å². The third-order valence-electron chi connectivity index (χ3n) is 2.88. The summed E-state index contributed by atoms with van der Waals surface area (Å²) in [5.41, 5.74) is 1.04. The van der Waals surface area contributed by atoms with Crippen LogP contribution < -0.4 is 0 Å². The summed E-state index contributed by atoms with van der Waals surface area (Å²) in [6.07, 6.45) is 2.52. The van der Waals surface area contributed by atoms with Gasteiger partial charge in [-0.15, -0.1) is 0 Å². The van der Waals surface area contributed by atoms with Crippen molar-refractivity contribution in [1.29, 1.82) is 0 Å². The predicted molar refractivity (Wildman–Crippen MR) is 74.4 cm³/mol. The molecule has 0 aliphatic heterocycles. The number of hydrogen-bond acceptors (Lipinski definition) is 3. The Hall–Kier alpha value is -1.40. The van der Waals surface area contributed by atoms with Gasteiger partial charge in [-0.3, -0.25) is 0 Å². The number of imidazole rings is 1. The highest BCUT2D eigenvalue weighted by Gasteiger charge is 2.11. The summed E-state index contributed by atoms with van der Waals surface area (Å²) in [7, 11) is 0. The molecule has 0 fully saturated rings. The average Bonchev–Trinajstić information content (AvgIpc) is 2.82. The van der Waals surface area contributed by atoms with E-state index in [-0.39, 0.29) is 6.61 Å². The second-order valence-corrected chi connectivity index (χ2v) is 5.31. The first kappa shape index (κ1) is 15.0. The molecular weight excluding hydrogens is 282 g/mol. The Morgan fingerprint density at radius 3 is 2.85 bits per heavy atom. The smallest absolute Gasteiger partial charge is 0.168 e. The van der Waals surface area contributed by atoms with Crippen LogP contribution >= 0.6 is 11.8 Å². The number of nitrogens with zero attached hydrogens (tertiary/aromatic N) is 2. The first-order chi connectivity index (χ1) is 9.65. The normalized spacial score (nSPS) is 11.0. The second kappa shape index (κ2) is 6.85. The lowest BCUT2D eigenvalue weighted by Gasteiger charge is -2.09. The Balaban J connectivity index is 2.14. The van der Waals surface area contributed by atoms with Crippen LogP contribution in [0.2, 0.25) is 0 Å². The van der Waals surface area contributed by atoms with E-state index in [1.807, 2.05) is 11.5 Å². The molecular formula is C14H16F2N2OS. The van der Waals surface area contributed by atoms with Crippen LogP contribution in [-0.4, -0.2) is 14.7 Å². The molecule has 20 heavy (non-hydrogen) atoms. The summed E-state index contributed by atoms with van der Waals surface area (Å²) in [5.74, 6) is -0.570. The van der Waals surface area contributed by atoms with E-state index in [0.29, 0.717) is 16.5 Å². The van der Waals surface area contributed by atoms with Crippen molar-refractivity contribution in [2.24, 2.45) is 0 Å². The van der Waals surface area contributed by atoms with Gasteiger partial charge in [0, 0.05) is 17.9 Å². The second-order valence-electron chi connectivity index (χ2n) is 4.37. The lowest BCUT2D eigenvalue weighted by molar-refractivity contribution is 0.269. The number of halogens is 2. The van der Waals surface area contributed by atoms with Crippen LogP contribution in [0.5, 0.6) is 0 Å². The lowest BCUT2D eigenvalue weighted by atomic mass is 10.2. The van der Waals surface area contributed by atoms with Gasteiger partial charge in [0.15, 0.2) is 5.16 Å². The molecule has 2 aromatic rings. The van der Waals surface area contributed by atoms with E-state index in [4.69, 9.17) is 0 Å². The van der Waals surface area contributed by atoms with Gasteiger partial charge >= 0.3 is 0 Å². The average molecular weight is 298 g/mol. The number of hydrogen-bond donors (Lipinski definition) is 1. The minimum absolute atomic E-state index is 0.0815. The van der Waals surface area contributed by atoms with Crippen LogP contribution in [-0.2, 0) is 18.9 Å². The van der Waals surface area contributed by atoms with E-state index in [1.165, 1.54) is 17.8 Å². The molecule has 0 saturated carbocycles. The Kier molecular flexibility index (Phi) is 5.14. The van der Waals surface area contributed by atoms with E-state index in [2.05, 4.69) is 4.98 Å². The highest BCUT2D eigenvalue weighted by Crippen LogP contribution is 2.25. The molecule has 1 N–H and O–H groups in total. The molecule has 3 nitrogen and oxygen atoms in total. The van der Waals surface area contributed by atoms with Gasteiger partial charge < -0.3 is 9.67 Å². The van der Waals surface area contributed by atoms with Crippen LogP contribution in [0.25, 0.3) is 0 Å². The molecule has 0 bridgehead atoms. The fraction of sp³-hybridized carbons (Fsp3) is 0.357. The SMILES string of the molecule is CCCn1c(CO)cnc1SCc1cc(F)ccc1F. The number of aliphatic hydroxyl groups is 1. The van der Waals surface area contributed by atoms with Crippen LogP contribution in [0.4, 0.5) is 8.78 Å². The maximum atomic E-state index is 13.5. The summed E-state index contributed by atoms with van der Waals surface area (Å²) < 4.78 is 28.6. The number of aliphatic hydroxyl groups excluding tert-OH is 1. The van der Waals surface area contributed by atoms with Gasteiger partial charge in [-0.2, -0.15) is 0 Å². The molecule has 0 saturated heterocycles. The summed E-state index contributed by atoms with van der Waals surface area (Å²) in [5, 5.41) is 9.95. The van der Waals surface area contributed by atoms with Crippen molar-refractivity contribution in [3.63, 3.8) is 0 Å². The van der Waals surface area contributed by atoms with Crippen molar-refractivity contribution >= 4 is 11.8 Å². The van der Waals surface area contributed by atoms with Crippen molar-refractivity contribution in [3.05, 3.63) is 47.3 Å². The quantitative estimate of drug-likeness (QED) is 0.831. The van der Waals surface area contributed by atoms with Gasteiger partial charge in [0.2, 0.25) is 0 Å². The van der Waals surface area contributed by atoms with Gasteiger partial charge in [-0.05, 0) is 24.6 Å². The Labute approximate surface area is 120 Å². The summed E-state index contributed by atoms with van der Waals surface area (Å²) in [6.45, 7) is 2.69.